The summed E-state index contributed by atoms with van der Waals surface area (Å²) in [5, 5.41) is 6.21. The van der Waals surface area contributed by atoms with Gasteiger partial charge in [-0.1, -0.05) is 0 Å². The van der Waals surface area contributed by atoms with E-state index in [1.807, 2.05) is 34.6 Å². The number of nitrogens with one attached hydrogen (secondary N) is 2. The summed E-state index contributed by atoms with van der Waals surface area (Å²) in [6.45, 7) is 13.7. The third-order valence-electron chi connectivity index (χ3n) is 2.81. The highest BCUT2D eigenvalue weighted by Crippen LogP contribution is 2.15. The minimum atomic E-state index is -0.465. The highest BCUT2D eigenvalue weighted by Gasteiger charge is 2.29. The smallest absolute Gasteiger partial charge is 0.249 e. The van der Waals surface area contributed by atoms with Crippen LogP contribution in [0.25, 0.3) is 0 Å². The third-order valence-corrected chi connectivity index (χ3v) is 2.81. The van der Waals surface area contributed by atoms with Gasteiger partial charge in [0.15, 0.2) is 0 Å². The minimum absolute atomic E-state index is 0.00589. The highest BCUT2D eigenvalue weighted by atomic mass is 16.6. The number of morpholine rings is 1. The zero-order valence-electron chi connectivity index (χ0n) is 13.0. The van der Waals surface area contributed by atoms with E-state index in [1.165, 1.54) is 0 Å². The van der Waals surface area contributed by atoms with Crippen LogP contribution in [0.1, 0.15) is 41.5 Å². The predicted molar refractivity (Wildman–Crippen MR) is 75.1 cm³/mol. The van der Waals surface area contributed by atoms with Gasteiger partial charge in [0.1, 0.15) is 6.10 Å². The summed E-state index contributed by atoms with van der Waals surface area (Å²) in [5.74, 6) is -0.0875. The van der Waals surface area contributed by atoms with Gasteiger partial charge in [-0.15, -0.1) is 0 Å². The molecule has 1 aliphatic heterocycles. The monoisotopic (exact) mass is 272 g/mol. The van der Waals surface area contributed by atoms with E-state index in [1.54, 1.807) is 6.92 Å². The van der Waals surface area contributed by atoms with Crippen LogP contribution < -0.4 is 10.6 Å². The largest absolute Gasteiger partial charge is 0.367 e. The zero-order chi connectivity index (χ0) is 14.7. The molecule has 2 N–H and O–H groups in total. The molecular formula is C14H28N2O3. The van der Waals surface area contributed by atoms with Gasteiger partial charge in [-0.2, -0.15) is 0 Å². The second-order valence-electron chi connectivity index (χ2n) is 6.85. The van der Waals surface area contributed by atoms with Gasteiger partial charge in [-0.25, -0.2) is 0 Å². The lowest BCUT2D eigenvalue weighted by Gasteiger charge is -2.36. The maximum absolute atomic E-state index is 11.9. The average molecular weight is 272 g/mol. The average Bonchev–Trinajstić information content (AvgIpc) is 2.22. The molecule has 19 heavy (non-hydrogen) atoms. The fraction of sp³-hybridized carbons (Fsp3) is 0.929. The van der Waals surface area contributed by atoms with Crippen molar-refractivity contribution in [2.45, 2.75) is 64.9 Å². The topological polar surface area (TPSA) is 59.6 Å². The van der Waals surface area contributed by atoms with Crippen LogP contribution in [0.4, 0.5) is 0 Å². The Morgan fingerprint density at radius 3 is 2.68 bits per heavy atom. The number of ether oxygens (including phenoxy) is 2. The number of rotatable bonds is 4. The molecule has 0 aromatic heterocycles. The van der Waals surface area contributed by atoms with E-state index in [0.717, 1.165) is 13.1 Å². The van der Waals surface area contributed by atoms with Gasteiger partial charge in [-0.05, 0) is 41.5 Å². The van der Waals surface area contributed by atoms with Crippen molar-refractivity contribution in [3.05, 3.63) is 0 Å². The Morgan fingerprint density at radius 2 is 2.16 bits per heavy atom. The molecule has 5 heteroatoms. The van der Waals surface area contributed by atoms with Gasteiger partial charge in [0.25, 0.3) is 0 Å². The fourth-order valence-electron chi connectivity index (χ4n) is 1.96. The summed E-state index contributed by atoms with van der Waals surface area (Å²) in [4.78, 5) is 11.9. The van der Waals surface area contributed by atoms with Crippen LogP contribution in [-0.2, 0) is 14.3 Å². The molecule has 0 aliphatic carbocycles. The molecule has 1 amide bonds. The van der Waals surface area contributed by atoms with Crippen LogP contribution >= 0.6 is 0 Å². The predicted octanol–water partition coefficient (Wildman–Crippen LogP) is 1.07. The van der Waals surface area contributed by atoms with Crippen molar-refractivity contribution in [1.29, 1.82) is 0 Å². The SMILES string of the molecule is CC(OCC1CNCC(C)(C)O1)C(=O)NC(C)(C)C. The molecule has 5 nitrogen and oxygen atoms in total. The second-order valence-corrected chi connectivity index (χ2v) is 6.85. The summed E-state index contributed by atoms with van der Waals surface area (Å²) >= 11 is 0. The first-order valence-electron chi connectivity index (χ1n) is 6.91. The standard InChI is InChI=1S/C14H28N2O3/c1-10(12(17)16-13(2,3)4)18-8-11-7-15-9-14(5,6)19-11/h10-11,15H,7-9H2,1-6H3,(H,16,17). The van der Waals surface area contributed by atoms with E-state index < -0.39 is 6.10 Å². The fourth-order valence-corrected chi connectivity index (χ4v) is 1.96. The van der Waals surface area contributed by atoms with Gasteiger partial charge < -0.3 is 20.1 Å². The number of hydrogen-bond acceptors (Lipinski definition) is 4. The molecule has 1 saturated heterocycles. The summed E-state index contributed by atoms with van der Waals surface area (Å²) < 4.78 is 11.5. The maximum atomic E-state index is 11.9. The van der Waals surface area contributed by atoms with Crippen LogP contribution in [0.5, 0.6) is 0 Å². The second kappa shape index (κ2) is 6.20. The lowest BCUT2D eigenvalue weighted by molar-refractivity contribution is -0.146. The third kappa shape index (κ3) is 6.36. The Morgan fingerprint density at radius 1 is 1.53 bits per heavy atom. The van der Waals surface area contributed by atoms with Crippen molar-refractivity contribution in [2.24, 2.45) is 0 Å². The van der Waals surface area contributed by atoms with Gasteiger partial charge >= 0.3 is 0 Å². The van der Waals surface area contributed by atoms with Crippen LogP contribution in [0.2, 0.25) is 0 Å². The molecule has 0 saturated carbocycles. The maximum Gasteiger partial charge on any atom is 0.249 e. The Kier molecular flexibility index (Phi) is 5.35. The van der Waals surface area contributed by atoms with Crippen molar-refractivity contribution < 1.29 is 14.3 Å². The molecule has 0 aromatic rings. The molecule has 2 unspecified atom stereocenters. The first-order valence-corrected chi connectivity index (χ1v) is 6.91. The van der Waals surface area contributed by atoms with Crippen LogP contribution in [0, 0.1) is 0 Å². The lowest BCUT2D eigenvalue weighted by atomic mass is 10.1. The van der Waals surface area contributed by atoms with E-state index in [0.29, 0.717) is 6.61 Å². The molecule has 1 aliphatic rings. The van der Waals surface area contributed by atoms with Crippen molar-refractivity contribution in [1.82, 2.24) is 10.6 Å². The summed E-state index contributed by atoms with van der Waals surface area (Å²) in [5.41, 5.74) is -0.414. The van der Waals surface area contributed by atoms with Gasteiger partial charge in [0, 0.05) is 18.6 Å². The van der Waals surface area contributed by atoms with Crippen molar-refractivity contribution in [2.75, 3.05) is 19.7 Å². The van der Waals surface area contributed by atoms with E-state index in [2.05, 4.69) is 10.6 Å². The molecule has 1 rings (SSSR count). The summed E-state index contributed by atoms with van der Waals surface area (Å²) in [6, 6.07) is 0. The first kappa shape index (κ1) is 16.4. The van der Waals surface area contributed by atoms with Gasteiger partial charge in [0.2, 0.25) is 5.91 Å². The first-order chi connectivity index (χ1) is 8.59. The van der Waals surface area contributed by atoms with Crippen molar-refractivity contribution in [3.63, 3.8) is 0 Å². The molecule has 0 bridgehead atoms. The summed E-state index contributed by atoms with van der Waals surface area (Å²) in [7, 11) is 0. The summed E-state index contributed by atoms with van der Waals surface area (Å²) in [6.07, 6.45) is -0.471. The van der Waals surface area contributed by atoms with Crippen LogP contribution in [0.15, 0.2) is 0 Å². The molecule has 112 valence electrons. The molecule has 0 radical (unpaired) electrons. The molecular weight excluding hydrogens is 244 g/mol. The Hall–Kier alpha value is -0.650. The number of carbonyl (C=O) groups is 1. The lowest BCUT2D eigenvalue weighted by Crippen LogP contribution is -2.52. The molecule has 0 aromatic carbocycles. The van der Waals surface area contributed by atoms with Crippen molar-refractivity contribution >= 4 is 5.91 Å². The van der Waals surface area contributed by atoms with E-state index in [-0.39, 0.29) is 23.2 Å². The quantitative estimate of drug-likeness (QED) is 0.804. The van der Waals surface area contributed by atoms with E-state index in [9.17, 15) is 4.79 Å². The Balaban J connectivity index is 2.34. The highest BCUT2D eigenvalue weighted by molar-refractivity contribution is 5.80. The molecule has 2 atom stereocenters. The molecule has 1 heterocycles. The number of amides is 1. The Labute approximate surface area is 116 Å². The molecule has 0 spiro atoms. The zero-order valence-corrected chi connectivity index (χ0v) is 13.0. The van der Waals surface area contributed by atoms with E-state index >= 15 is 0 Å². The number of carbonyl (C=O) groups excluding carboxylic acids is 1. The number of hydrogen-bond donors (Lipinski definition) is 2. The normalized spacial score (nSPS) is 24.8. The molecule has 1 fully saturated rings. The van der Waals surface area contributed by atoms with Crippen LogP contribution in [-0.4, -0.2) is 49.0 Å². The Bertz CT molecular complexity index is 310. The van der Waals surface area contributed by atoms with Gasteiger partial charge in [0.05, 0.1) is 18.3 Å². The van der Waals surface area contributed by atoms with Crippen LogP contribution in [0.3, 0.4) is 0 Å². The van der Waals surface area contributed by atoms with Crippen molar-refractivity contribution in [3.8, 4) is 0 Å². The minimum Gasteiger partial charge on any atom is -0.367 e. The van der Waals surface area contributed by atoms with E-state index in [4.69, 9.17) is 9.47 Å². The van der Waals surface area contributed by atoms with Gasteiger partial charge in [-0.3, -0.25) is 4.79 Å².